The molecule has 2 atom stereocenters. The lowest BCUT2D eigenvalue weighted by molar-refractivity contribution is -0.126. The van der Waals surface area contributed by atoms with Gasteiger partial charge in [0.25, 0.3) is 0 Å². The van der Waals surface area contributed by atoms with E-state index in [2.05, 4.69) is 53.6 Å². The Balaban J connectivity index is 1.88. The van der Waals surface area contributed by atoms with Gasteiger partial charge in [-0.1, -0.05) is 30.3 Å². The van der Waals surface area contributed by atoms with Gasteiger partial charge in [0.1, 0.15) is 0 Å². The van der Waals surface area contributed by atoms with Crippen molar-refractivity contribution in [3.63, 3.8) is 0 Å². The lowest BCUT2D eigenvalue weighted by Crippen LogP contribution is -2.46. The summed E-state index contributed by atoms with van der Waals surface area (Å²) in [5.74, 6) is 0.111. The molecule has 1 saturated heterocycles. The molecule has 1 aliphatic heterocycles. The Morgan fingerprint density at radius 3 is 2.74 bits per heavy atom. The third kappa shape index (κ3) is 5.30. The van der Waals surface area contributed by atoms with Gasteiger partial charge in [0.15, 0.2) is 0 Å². The van der Waals surface area contributed by atoms with Gasteiger partial charge >= 0.3 is 0 Å². The van der Waals surface area contributed by atoms with Crippen LogP contribution >= 0.6 is 0 Å². The number of rotatable bonds is 8. The fraction of sp³-hybridized carbons (Fsp3) is 0.611. The topological polar surface area (TPSA) is 53.6 Å². The third-order valence-electron chi connectivity index (χ3n) is 4.35. The summed E-state index contributed by atoms with van der Waals surface area (Å²) in [6.45, 7) is 7.17. The summed E-state index contributed by atoms with van der Waals surface area (Å²) in [5.41, 5.74) is 1.27. The molecular weight excluding hydrogens is 290 g/mol. The number of benzene rings is 1. The smallest absolute Gasteiger partial charge is 0.237 e. The van der Waals surface area contributed by atoms with E-state index in [0.717, 1.165) is 19.5 Å². The van der Waals surface area contributed by atoms with Gasteiger partial charge < -0.3 is 15.4 Å². The minimum Gasteiger partial charge on any atom is -0.383 e. The summed E-state index contributed by atoms with van der Waals surface area (Å²) in [7, 11) is 1.64. The van der Waals surface area contributed by atoms with Crippen molar-refractivity contribution in [1.82, 2.24) is 15.5 Å². The second-order valence-corrected chi connectivity index (χ2v) is 6.39. The summed E-state index contributed by atoms with van der Waals surface area (Å²) in [6, 6.07) is 11.0. The van der Waals surface area contributed by atoms with Crippen molar-refractivity contribution in [3.05, 3.63) is 35.9 Å². The molecule has 0 unspecified atom stereocenters. The molecule has 2 rings (SSSR count). The van der Waals surface area contributed by atoms with E-state index in [-0.39, 0.29) is 11.9 Å². The normalized spacial score (nSPS) is 21.7. The maximum Gasteiger partial charge on any atom is 0.237 e. The highest BCUT2D eigenvalue weighted by atomic mass is 16.5. The van der Waals surface area contributed by atoms with E-state index < -0.39 is 0 Å². The van der Waals surface area contributed by atoms with Crippen molar-refractivity contribution >= 4 is 5.91 Å². The lowest BCUT2D eigenvalue weighted by atomic mass is 10.1. The number of hydrogen-bond donors (Lipinski definition) is 2. The van der Waals surface area contributed by atoms with Crippen LogP contribution in [0.15, 0.2) is 30.3 Å². The molecule has 0 spiro atoms. The molecule has 2 N–H and O–H groups in total. The number of methoxy groups -OCH3 is 1. The maximum absolute atomic E-state index is 12.4. The average Bonchev–Trinajstić information content (AvgIpc) is 2.99. The van der Waals surface area contributed by atoms with E-state index in [4.69, 9.17) is 4.74 Å². The number of hydrogen-bond acceptors (Lipinski definition) is 4. The second kappa shape index (κ2) is 9.01. The molecule has 1 aromatic rings. The molecule has 0 aliphatic carbocycles. The van der Waals surface area contributed by atoms with Crippen LogP contribution in [0.4, 0.5) is 0 Å². The largest absolute Gasteiger partial charge is 0.383 e. The SMILES string of the molecule is COCCNC(=O)[C@@H]1C[C@@H](NCc2ccccc2)CN1C(C)C. The van der Waals surface area contributed by atoms with Gasteiger partial charge in [0.05, 0.1) is 12.6 Å². The Bertz CT molecular complexity index is 478. The van der Waals surface area contributed by atoms with Crippen molar-refractivity contribution in [3.8, 4) is 0 Å². The van der Waals surface area contributed by atoms with Crippen molar-refractivity contribution in [1.29, 1.82) is 0 Å². The molecule has 1 aromatic carbocycles. The van der Waals surface area contributed by atoms with Gasteiger partial charge in [-0.2, -0.15) is 0 Å². The van der Waals surface area contributed by atoms with E-state index in [1.54, 1.807) is 7.11 Å². The number of nitrogens with zero attached hydrogens (tertiary/aromatic N) is 1. The quantitative estimate of drug-likeness (QED) is 0.711. The molecule has 0 saturated carbocycles. The molecule has 128 valence electrons. The molecule has 5 nitrogen and oxygen atoms in total. The number of ether oxygens (including phenoxy) is 1. The van der Waals surface area contributed by atoms with Crippen LogP contribution in [0.1, 0.15) is 25.8 Å². The Morgan fingerprint density at radius 1 is 1.35 bits per heavy atom. The first kappa shape index (κ1) is 17.9. The zero-order chi connectivity index (χ0) is 16.7. The highest BCUT2D eigenvalue weighted by Gasteiger charge is 2.37. The minimum absolute atomic E-state index is 0.0554. The van der Waals surface area contributed by atoms with Crippen LogP contribution in [0, 0.1) is 0 Å². The number of amides is 1. The van der Waals surface area contributed by atoms with Crippen LogP contribution in [0.5, 0.6) is 0 Å². The van der Waals surface area contributed by atoms with Gasteiger partial charge in [0.2, 0.25) is 5.91 Å². The van der Waals surface area contributed by atoms with E-state index in [9.17, 15) is 4.79 Å². The lowest BCUT2D eigenvalue weighted by Gasteiger charge is -2.27. The summed E-state index contributed by atoms with van der Waals surface area (Å²) >= 11 is 0. The Morgan fingerprint density at radius 2 is 2.09 bits per heavy atom. The zero-order valence-corrected chi connectivity index (χ0v) is 14.4. The fourth-order valence-corrected chi connectivity index (χ4v) is 3.09. The van der Waals surface area contributed by atoms with Crippen LogP contribution in [-0.4, -0.2) is 55.7 Å². The molecule has 0 bridgehead atoms. The monoisotopic (exact) mass is 319 g/mol. The van der Waals surface area contributed by atoms with Gasteiger partial charge in [-0.25, -0.2) is 0 Å². The average molecular weight is 319 g/mol. The van der Waals surface area contributed by atoms with Crippen LogP contribution in [0.3, 0.4) is 0 Å². The summed E-state index contributed by atoms with van der Waals surface area (Å²) in [4.78, 5) is 14.7. The Hall–Kier alpha value is -1.43. The predicted octanol–water partition coefficient (Wildman–Crippen LogP) is 1.39. The first-order valence-corrected chi connectivity index (χ1v) is 8.41. The first-order valence-electron chi connectivity index (χ1n) is 8.41. The van der Waals surface area contributed by atoms with Gasteiger partial charge in [-0.15, -0.1) is 0 Å². The molecule has 23 heavy (non-hydrogen) atoms. The summed E-state index contributed by atoms with van der Waals surface area (Å²) in [6.07, 6.45) is 0.851. The number of likely N-dealkylation sites (tertiary alicyclic amines) is 1. The van der Waals surface area contributed by atoms with Crippen molar-refractivity contribution in [2.24, 2.45) is 0 Å². The number of carbonyl (C=O) groups is 1. The molecule has 1 fully saturated rings. The number of carbonyl (C=O) groups excluding carboxylic acids is 1. The fourth-order valence-electron chi connectivity index (χ4n) is 3.09. The summed E-state index contributed by atoms with van der Waals surface area (Å²) < 4.78 is 5.00. The van der Waals surface area contributed by atoms with Crippen LogP contribution in [-0.2, 0) is 16.1 Å². The molecule has 1 aliphatic rings. The second-order valence-electron chi connectivity index (χ2n) is 6.39. The molecular formula is C18H29N3O2. The molecule has 1 heterocycles. The van der Waals surface area contributed by atoms with E-state index >= 15 is 0 Å². The van der Waals surface area contributed by atoms with Crippen LogP contribution in [0.2, 0.25) is 0 Å². The molecule has 1 amide bonds. The summed E-state index contributed by atoms with van der Waals surface area (Å²) in [5, 5.41) is 6.56. The van der Waals surface area contributed by atoms with E-state index in [0.29, 0.717) is 25.2 Å². The highest BCUT2D eigenvalue weighted by Crippen LogP contribution is 2.21. The van der Waals surface area contributed by atoms with Gasteiger partial charge in [-0.3, -0.25) is 9.69 Å². The molecule has 5 heteroatoms. The minimum atomic E-state index is -0.0554. The number of nitrogens with one attached hydrogen (secondary N) is 2. The Labute approximate surface area is 139 Å². The van der Waals surface area contributed by atoms with E-state index in [1.165, 1.54) is 5.56 Å². The van der Waals surface area contributed by atoms with Crippen LogP contribution in [0.25, 0.3) is 0 Å². The maximum atomic E-state index is 12.4. The van der Waals surface area contributed by atoms with E-state index in [1.807, 2.05) is 6.07 Å². The third-order valence-corrected chi connectivity index (χ3v) is 4.35. The standard InChI is InChI=1S/C18H29N3O2/c1-14(2)21-13-16(20-12-15-7-5-4-6-8-15)11-17(21)18(22)19-9-10-23-3/h4-8,14,16-17,20H,9-13H2,1-3H3,(H,19,22)/t16-,17+/m1/s1. The van der Waals surface area contributed by atoms with Gasteiger partial charge in [-0.05, 0) is 25.8 Å². The van der Waals surface area contributed by atoms with Gasteiger partial charge in [0, 0.05) is 38.8 Å². The molecule has 0 aromatic heterocycles. The van der Waals surface area contributed by atoms with Crippen LogP contribution < -0.4 is 10.6 Å². The van der Waals surface area contributed by atoms with Crippen molar-refractivity contribution in [2.75, 3.05) is 26.8 Å². The predicted molar refractivity (Wildman–Crippen MR) is 92.2 cm³/mol. The van der Waals surface area contributed by atoms with Crippen molar-refractivity contribution in [2.45, 2.75) is 44.9 Å². The first-order chi connectivity index (χ1) is 11.1. The van der Waals surface area contributed by atoms with Crippen molar-refractivity contribution < 1.29 is 9.53 Å². The molecule has 0 radical (unpaired) electrons. The highest BCUT2D eigenvalue weighted by molar-refractivity contribution is 5.82. The Kier molecular flexibility index (Phi) is 7.02. The zero-order valence-electron chi connectivity index (χ0n) is 14.4.